The van der Waals surface area contributed by atoms with Crippen molar-refractivity contribution < 1.29 is 4.74 Å². The van der Waals surface area contributed by atoms with Crippen LogP contribution in [0.1, 0.15) is 6.92 Å². The van der Waals surface area contributed by atoms with Crippen LogP contribution in [0.3, 0.4) is 0 Å². The van der Waals surface area contributed by atoms with Gasteiger partial charge in [-0.3, -0.25) is 0 Å². The number of allylic oxidation sites excluding steroid dienone is 2. The molecule has 2 N–H and O–H groups in total. The minimum atomic E-state index is 0.454. The summed E-state index contributed by atoms with van der Waals surface area (Å²) in [4.78, 5) is 4.17. The summed E-state index contributed by atoms with van der Waals surface area (Å²) in [7, 11) is 1.63. The van der Waals surface area contributed by atoms with Crippen LogP contribution in [-0.4, -0.2) is 16.7 Å². The molecule has 0 unspecified atom stereocenters. The summed E-state index contributed by atoms with van der Waals surface area (Å²) in [5.41, 5.74) is 6.33. The van der Waals surface area contributed by atoms with E-state index in [1.807, 2.05) is 17.6 Å². The van der Waals surface area contributed by atoms with E-state index in [0.29, 0.717) is 12.4 Å². The van der Waals surface area contributed by atoms with E-state index in [0.717, 1.165) is 10.7 Å². The molecule has 0 amide bonds. The molecule has 0 fully saturated rings. The van der Waals surface area contributed by atoms with Crippen LogP contribution in [0.4, 0.5) is 0 Å². The molecule has 4 nitrogen and oxygen atoms in total. The smallest absolute Gasteiger partial charge is 0.123 e. The fraction of sp³-hybridized carbons (Fsp3) is 0.300. The number of imidazole rings is 1. The van der Waals surface area contributed by atoms with Crippen molar-refractivity contribution in [1.82, 2.24) is 9.55 Å². The molecule has 1 rings (SSSR count). The summed E-state index contributed by atoms with van der Waals surface area (Å²) in [6, 6.07) is 0. The lowest BCUT2D eigenvalue weighted by Gasteiger charge is -1.97. The predicted molar refractivity (Wildman–Crippen MR) is 56.4 cm³/mol. The van der Waals surface area contributed by atoms with E-state index in [1.54, 1.807) is 19.5 Å². The Labute approximate surface area is 83.0 Å². The van der Waals surface area contributed by atoms with Gasteiger partial charge in [-0.15, -0.1) is 0 Å². The van der Waals surface area contributed by atoms with Gasteiger partial charge in [0.1, 0.15) is 6.73 Å². The number of ether oxygens (including phenoxy) is 1. The zero-order valence-corrected chi connectivity index (χ0v) is 8.53. The van der Waals surface area contributed by atoms with Gasteiger partial charge in [-0.2, -0.15) is 0 Å². The number of methoxy groups -OCH3 is 1. The standard InChI is InChI=1S/C10H15N3O/c1-4-9(11)5-10-8(2)13(6-12-10)7-14-3/h4-6H,2,7,11H2,1,3H3/b9-4+,10-5+. The van der Waals surface area contributed by atoms with Crippen LogP contribution in [0.2, 0.25) is 0 Å². The molecule has 0 saturated carbocycles. The Hall–Kier alpha value is -1.55. The lowest BCUT2D eigenvalue weighted by Crippen LogP contribution is -2.29. The molecule has 76 valence electrons. The molecule has 0 bridgehead atoms. The van der Waals surface area contributed by atoms with Crippen LogP contribution >= 0.6 is 0 Å². The summed E-state index contributed by atoms with van der Waals surface area (Å²) in [6.07, 6.45) is 5.28. The van der Waals surface area contributed by atoms with E-state index >= 15 is 0 Å². The number of rotatable bonds is 3. The molecule has 0 radical (unpaired) electrons. The number of nitrogens with two attached hydrogens (primary N) is 1. The molecular formula is C10H15N3O. The molecule has 0 atom stereocenters. The second kappa shape index (κ2) is 4.62. The zero-order valence-electron chi connectivity index (χ0n) is 8.53. The Morgan fingerprint density at radius 1 is 1.79 bits per heavy atom. The fourth-order valence-corrected chi connectivity index (χ4v) is 1.04. The summed E-state index contributed by atoms with van der Waals surface area (Å²) in [6.45, 7) is 6.22. The van der Waals surface area contributed by atoms with Gasteiger partial charge < -0.3 is 15.0 Å². The Balaban J connectivity index is 3.13. The quantitative estimate of drug-likeness (QED) is 0.706. The molecule has 1 aromatic rings. The average molecular weight is 193 g/mol. The van der Waals surface area contributed by atoms with Crippen LogP contribution in [0.5, 0.6) is 0 Å². The summed E-state index contributed by atoms with van der Waals surface area (Å²) in [5.74, 6) is 0. The molecular weight excluding hydrogens is 178 g/mol. The van der Waals surface area contributed by atoms with Crippen LogP contribution in [0.15, 0.2) is 18.1 Å². The van der Waals surface area contributed by atoms with Crippen LogP contribution in [-0.2, 0) is 11.5 Å². The minimum Gasteiger partial charge on any atom is -0.399 e. The lowest BCUT2D eigenvalue weighted by atomic mass is 10.4. The maximum Gasteiger partial charge on any atom is 0.123 e. The second-order valence-corrected chi connectivity index (χ2v) is 2.90. The molecule has 0 aromatic carbocycles. The van der Waals surface area contributed by atoms with E-state index in [4.69, 9.17) is 10.5 Å². The number of nitrogens with zero attached hydrogens (tertiary/aromatic N) is 2. The third-order valence-electron chi connectivity index (χ3n) is 1.88. The molecule has 1 aromatic heterocycles. The van der Waals surface area contributed by atoms with E-state index in [-0.39, 0.29) is 0 Å². The van der Waals surface area contributed by atoms with Crippen molar-refractivity contribution in [2.75, 3.05) is 7.11 Å². The molecule has 0 saturated heterocycles. The first-order chi connectivity index (χ1) is 6.69. The van der Waals surface area contributed by atoms with Crippen molar-refractivity contribution in [2.24, 2.45) is 5.73 Å². The van der Waals surface area contributed by atoms with E-state index < -0.39 is 0 Å². The van der Waals surface area contributed by atoms with Crippen molar-refractivity contribution >= 4 is 12.7 Å². The monoisotopic (exact) mass is 193 g/mol. The summed E-state index contributed by atoms with van der Waals surface area (Å²) >= 11 is 0. The van der Waals surface area contributed by atoms with Crippen molar-refractivity contribution in [3.05, 3.63) is 28.8 Å². The van der Waals surface area contributed by atoms with Gasteiger partial charge in [0.15, 0.2) is 0 Å². The Kier molecular flexibility index (Phi) is 3.48. The van der Waals surface area contributed by atoms with Crippen LogP contribution < -0.4 is 16.4 Å². The highest BCUT2D eigenvalue weighted by molar-refractivity contribution is 5.42. The molecule has 0 aliphatic carbocycles. The molecule has 0 aliphatic heterocycles. The maximum absolute atomic E-state index is 5.65. The minimum absolute atomic E-state index is 0.454. The zero-order chi connectivity index (χ0) is 10.6. The third-order valence-corrected chi connectivity index (χ3v) is 1.88. The van der Waals surface area contributed by atoms with Gasteiger partial charge >= 0.3 is 0 Å². The topological polar surface area (TPSA) is 53.1 Å². The van der Waals surface area contributed by atoms with Gasteiger partial charge in [-0.05, 0) is 13.0 Å². The first-order valence-electron chi connectivity index (χ1n) is 4.31. The van der Waals surface area contributed by atoms with Crippen molar-refractivity contribution in [3.63, 3.8) is 0 Å². The average Bonchev–Trinajstić information content (AvgIpc) is 2.50. The first-order valence-corrected chi connectivity index (χ1v) is 4.31. The highest BCUT2D eigenvalue weighted by atomic mass is 16.5. The Morgan fingerprint density at radius 3 is 3.07 bits per heavy atom. The Bertz CT molecular complexity index is 431. The first kappa shape index (κ1) is 10.5. The maximum atomic E-state index is 5.65. The van der Waals surface area contributed by atoms with Crippen molar-refractivity contribution in [2.45, 2.75) is 13.7 Å². The normalized spacial score (nSPS) is 13.6. The van der Waals surface area contributed by atoms with Crippen LogP contribution in [0, 0.1) is 0 Å². The highest BCUT2D eigenvalue weighted by Gasteiger charge is 1.94. The van der Waals surface area contributed by atoms with E-state index in [2.05, 4.69) is 11.6 Å². The van der Waals surface area contributed by atoms with E-state index in [1.165, 1.54) is 0 Å². The Morgan fingerprint density at radius 2 is 2.50 bits per heavy atom. The molecule has 0 spiro atoms. The summed E-state index contributed by atoms with van der Waals surface area (Å²) in [5, 5.41) is 1.58. The summed E-state index contributed by atoms with van der Waals surface area (Å²) < 4.78 is 6.79. The van der Waals surface area contributed by atoms with Crippen molar-refractivity contribution in [1.29, 1.82) is 0 Å². The third kappa shape index (κ3) is 2.23. The highest BCUT2D eigenvalue weighted by Crippen LogP contribution is 1.82. The van der Waals surface area contributed by atoms with Gasteiger partial charge in [0.25, 0.3) is 0 Å². The van der Waals surface area contributed by atoms with Gasteiger partial charge in [-0.25, -0.2) is 4.98 Å². The number of hydrogen-bond acceptors (Lipinski definition) is 3. The van der Waals surface area contributed by atoms with Gasteiger partial charge in [0.05, 0.1) is 17.0 Å². The predicted octanol–water partition coefficient (Wildman–Crippen LogP) is -0.460. The van der Waals surface area contributed by atoms with Gasteiger partial charge in [0.2, 0.25) is 0 Å². The van der Waals surface area contributed by atoms with Crippen molar-refractivity contribution in [3.8, 4) is 0 Å². The number of hydrogen-bond donors (Lipinski definition) is 1. The lowest BCUT2D eigenvalue weighted by molar-refractivity contribution is 0.129. The second-order valence-electron chi connectivity index (χ2n) is 2.90. The molecule has 0 aliphatic rings. The molecule has 1 heterocycles. The largest absolute Gasteiger partial charge is 0.399 e. The number of aromatic nitrogens is 2. The SMILES string of the molecule is C=c1/c(=C\C(N)=C/C)ncn1COC. The molecule has 14 heavy (non-hydrogen) atoms. The van der Waals surface area contributed by atoms with Crippen LogP contribution in [0.25, 0.3) is 12.7 Å². The fourth-order valence-electron chi connectivity index (χ4n) is 1.04. The van der Waals surface area contributed by atoms with Gasteiger partial charge in [0, 0.05) is 12.8 Å². The van der Waals surface area contributed by atoms with Gasteiger partial charge in [-0.1, -0.05) is 12.7 Å². The van der Waals surface area contributed by atoms with E-state index in [9.17, 15) is 0 Å². The molecule has 4 heteroatoms.